The van der Waals surface area contributed by atoms with E-state index in [2.05, 4.69) is 10.2 Å². The van der Waals surface area contributed by atoms with Crippen LogP contribution in [0.25, 0.3) is 0 Å². The largest absolute Gasteiger partial charge is 0.330 e. The SMILES string of the molecule is NCC1CCN(CC(=O)Nc2cc(Cl)c(Cl)cc2Cl)CC1. The van der Waals surface area contributed by atoms with Gasteiger partial charge in [-0.3, -0.25) is 9.69 Å². The molecule has 0 spiro atoms. The minimum atomic E-state index is -0.110. The zero-order chi connectivity index (χ0) is 15.4. The molecule has 1 saturated heterocycles. The summed E-state index contributed by atoms with van der Waals surface area (Å²) in [7, 11) is 0. The Morgan fingerprint density at radius 1 is 1.19 bits per heavy atom. The molecule has 1 aromatic carbocycles. The van der Waals surface area contributed by atoms with Crippen LogP contribution in [0.5, 0.6) is 0 Å². The van der Waals surface area contributed by atoms with Crippen molar-refractivity contribution in [2.24, 2.45) is 11.7 Å². The second-order valence-electron chi connectivity index (χ2n) is 5.25. The third-order valence-electron chi connectivity index (χ3n) is 3.69. The predicted octanol–water partition coefficient (Wildman–Crippen LogP) is 3.26. The van der Waals surface area contributed by atoms with Crippen molar-refractivity contribution in [2.45, 2.75) is 12.8 Å². The van der Waals surface area contributed by atoms with E-state index in [-0.39, 0.29) is 5.91 Å². The molecule has 2 rings (SSSR count). The minimum Gasteiger partial charge on any atom is -0.330 e. The zero-order valence-corrected chi connectivity index (χ0v) is 13.8. The molecule has 4 nitrogen and oxygen atoms in total. The number of amides is 1. The number of carbonyl (C=O) groups excluding carboxylic acids is 1. The summed E-state index contributed by atoms with van der Waals surface area (Å²) < 4.78 is 0. The Morgan fingerprint density at radius 2 is 1.81 bits per heavy atom. The third kappa shape index (κ3) is 4.73. The first-order valence-electron chi connectivity index (χ1n) is 6.86. The maximum atomic E-state index is 12.1. The number of hydrogen-bond donors (Lipinski definition) is 2. The number of anilines is 1. The molecule has 0 aromatic heterocycles. The molecule has 116 valence electrons. The lowest BCUT2D eigenvalue weighted by Gasteiger charge is -2.30. The van der Waals surface area contributed by atoms with Crippen molar-refractivity contribution in [1.29, 1.82) is 0 Å². The van der Waals surface area contributed by atoms with Gasteiger partial charge in [-0.15, -0.1) is 0 Å². The summed E-state index contributed by atoms with van der Waals surface area (Å²) in [5.74, 6) is 0.468. The van der Waals surface area contributed by atoms with Crippen LogP contribution in [-0.4, -0.2) is 37.0 Å². The van der Waals surface area contributed by atoms with E-state index in [9.17, 15) is 4.79 Å². The average molecular weight is 351 g/mol. The van der Waals surface area contributed by atoms with Gasteiger partial charge in [0, 0.05) is 0 Å². The Morgan fingerprint density at radius 3 is 2.43 bits per heavy atom. The van der Waals surface area contributed by atoms with Crippen molar-refractivity contribution in [2.75, 3.05) is 31.5 Å². The van der Waals surface area contributed by atoms with Crippen LogP contribution in [0, 0.1) is 5.92 Å². The van der Waals surface area contributed by atoms with Crippen molar-refractivity contribution in [3.05, 3.63) is 27.2 Å². The first kappa shape index (κ1) is 16.8. The van der Waals surface area contributed by atoms with Gasteiger partial charge in [-0.05, 0) is 50.5 Å². The molecule has 21 heavy (non-hydrogen) atoms. The average Bonchev–Trinajstić information content (AvgIpc) is 2.45. The van der Waals surface area contributed by atoms with Gasteiger partial charge in [0.15, 0.2) is 0 Å². The molecule has 0 aliphatic carbocycles. The maximum Gasteiger partial charge on any atom is 0.238 e. The minimum absolute atomic E-state index is 0.110. The van der Waals surface area contributed by atoms with Crippen molar-refractivity contribution >= 4 is 46.4 Å². The molecule has 0 radical (unpaired) electrons. The molecular weight excluding hydrogens is 333 g/mol. The lowest BCUT2D eigenvalue weighted by atomic mass is 9.97. The number of halogens is 3. The number of nitrogens with zero attached hydrogens (tertiary/aromatic N) is 1. The molecule has 1 aliphatic heterocycles. The van der Waals surface area contributed by atoms with E-state index in [1.165, 1.54) is 6.07 Å². The molecule has 1 fully saturated rings. The maximum absolute atomic E-state index is 12.1. The van der Waals surface area contributed by atoms with E-state index in [1.807, 2.05) is 0 Å². The van der Waals surface area contributed by atoms with Gasteiger partial charge in [-0.2, -0.15) is 0 Å². The molecule has 1 aromatic rings. The van der Waals surface area contributed by atoms with Crippen LogP contribution in [0.3, 0.4) is 0 Å². The number of rotatable bonds is 4. The van der Waals surface area contributed by atoms with Gasteiger partial charge in [-0.25, -0.2) is 0 Å². The number of nitrogens with two attached hydrogens (primary N) is 1. The molecule has 0 bridgehead atoms. The van der Waals surface area contributed by atoms with E-state index in [1.54, 1.807) is 6.07 Å². The van der Waals surface area contributed by atoms with Gasteiger partial charge in [-0.1, -0.05) is 34.8 Å². The fourth-order valence-corrected chi connectivity index (χ4v) is 2.99. The molecule has 1 aliphatic rings. The standard InChI is InChI=1S/C14H18Cl3N3O/c15-10-5-12(17)13(6-11(10)16)19-14(21)8-20-3-1-9(7-18)2-4-20/h5-6,9H,1-4,7-8,18H2,(H,19,21). The lowest BCUT2D eigenvalue weighted by Crippen LogP contribution is -2.40. The monoisotopic (exact) mass is 349 g/mol. The van der Waals surface area contributed by atoms with Crippen LogP contribution < -0.4 is 11.1 Å². The highest BCUT2D eigenvalue weighted by Crippen LogP contribution is 2.32. The molecular formula is C14H18Cl3N3O. The van der Waals surface area contributed by atoms with Crippen LogP contribution in [0.2, 0.25) is 15.1 Å². The van der Waals surface area contributed by atoms with Crippen LogP contribution in [0.15, 0.2) is 12.1 Å². The van der Waals surface area contributed by atoms with Gasteiger partial charge < -0.3 is 11.1 Å². The Labute approximate surface area is 139 Å². The van der Waals surface area contributed by atoms with E-state index >= 15 is 0 Å². The third-order valence-corrected chi connectivity index (χ3v) is 4.73. The fraction of sp³-hybridized carbons (Fsp3) is 0.500. The molecule has 0 unspecified atom stereocenters. The summed E-state index contributed by atoms with van der Waals surface area (Å²) >= 11 is 17.8. The fourth-order valence-electron chi connectivity index (χ4n) is 2.39. The van der Waals surface area contributed by atoms with Crippen molar-refractivity contribution in [3.8, 4) is 0 Å². The van der Waals surface area contributed by atoms with Crippen molar-refractivity contribution in [3.63, 3.8) is 0 Å². The molecule has 0 saturated carbocycles. The van der Waals surface area contributed by atoms with E-state index in [0.717, 1.165) is 32.5 Å². The summed E-state index contributed by atoms with van der Waals surface area (Å²) in [5, 5.41) is 3.87. The normalized spacial score (nSPS) is 17.0. The highest BCUT2D eigenvalue weighted by Gasteiger charge is 2.20. The van der Waals surface area contributed by atoms with Crippen LogP contribution >= 0.6 is 34.8 Å². The van der Waals surface area contributed by atoms with E-state index < -0.39 is 0 Å². The zero-order valence-electron chi connectivity index (χ0n) is 11.5. The number of benzene rings is 1. The van der Waals surface area contributed by atoms with Gasteiger partial charge in [0.2, 0.25) is 5.91 Å². The summed E-state index contributed by atoms with van der Waals surface area (Å²) in [6.07, 6.45) is 2.08. The summed E-state index contributed by atoms with van der Waals surface area (Å²) in [5.41, 5.74) is 6.14. The molecule has 7 heteroatoms. The van der Waals surface area contributed by atoms with Gasteiger partial charge >= 0.3 is 0 Å². The van der Waals surface area contributed by atoms with E-state index in [4.69, 9.17) is 40.5 Å². The number of piperidine rings is 1. The Balaban J connectivity index is 1.89. The van der Waals surface area contributed by atoms with Crippen LogP contribution in [0.1, 0.15) is 12.8 Å². The Bertz CT molecular complexity index is 516. The second kappa shape index (κ2) is 7.65. The second-order valence-corrected chi connectivity index (χ2v) is 6.47. The van der Waals surface area contributed by atoms with Crippen LogP contribution in [-0.2, 0) is 4.79 Å². The van der Waals surface area contributed by atoms with Crippen molar-refractivity contribution < 1.29 is 4.79 Å². The van der Waals surface area contributed by atoms with Crippen molar-refractivity contribution in [1.82, 2.24) is 4.90 Å². The summed E-state index contributed by atoms with van der Waals surface area (Å²) in [6, 6.07) is 3.08. The number of likely N-dealkylation sites (tertiary alicyclic amines) is 1. The quantitative estimate of drug-likeness (QED) is 0.820. The molecule has 0 atom stereocenters. The summed E-state index contributed by atoms with van der Waals surface area (Å²) in [4.78, 5) is 14.2. The Kier molecular flexibility index (Phi) is 6.14. The van der Waals surface area contributed by atoms with Gasteiger partial charge in [0.25, 0.3) is 0 Å². The lowest BCUT2D eigenvalue weighted by molar-refractivity contribution is -0.117. The topological polar surface area (TPSA) is 58.4 Å². The number of carbonyl (C=O) groups is 1. The molecule has 1 amide bonds. The summed E-state index contributed by atoms with van der Waals surface area (Å²) in [6.45, 7) is 2.85. The van der Waals surface area contributed by atoms with E-state index in [0.29, 0.717) is 33.2 Å². The van der Waals surface area contributed by atoms with Gasteiger partial charge in [0.05, 0.1) is 27.3 Å². The first-order valence-corrected chi connectivity index (χ1v) is 7.99. The molecule has 1 heterocycles. The predicted molar refractivity (Wildman–Crippen MR) is 88.3 cm³/mol. The number of nitrogens with one attached hydrogen (secondary N) is 1. The smallest absolute Gasteiger partial charge is 0.238 e. The number of hydrogen-bond acceptors (Lipinski definition) is 3. The van der Waals surface area contributed by atoms with Crippen LogP contribution in [0.4, 0.5) is 5.69 Å². The highest BCUT2D eigenvalue weighted by atomic mass is 35.5. The highest BCUT2D eigenvalue weighted by molar-refractivity contribution is 6.44. The molecule has 3 N–H and O–H groups in total. The first-order chi connectivity index (χ1) is 9.99. The van der Waals surface area contributed by atoms with Gasteiger partial charge in [0.1, 0.15) is 0 Å². The Hall–Kier alpha value is -0.520.